The summed E-state index contributed by atoms with van der Waals surface area (Å²) in [7, 11) is 5.74. The number of methoxy groups -OCH3 is 1. The van der Waals surface area contributed by atoms with E-state index in [9.17, 15) is 0 Å². The van der Waals surface area contributed by atoms with Crippen LogP contribution in [0.2, 0.25) is 0 Å². The first-order valence-electron chi connectivity index (χ1n) is 6.02. The van der Waals surface area contributed by atoms with Gasteiger partial charge in [0, 0.05) is 51.7 Å². The van der Waals surface area contributed by atoms with Crippen LogP contribution in [0.1, 0.15) is 18.4 Å². The summed E-state index contributed by atoms with van der Waals surface area (Å²) in [6.07, 6.45) is 5.96. The first-order chi connectivity index (χ1) is 8.11. The van der Waals surface area contributed by atoms with Gasteiger partial charge in [-0.3, -0.25) is 4.68 Å². The molecule has 0 bridgehead atoms. The van der Waals surface area contributed by atoms with Gasteiger partial charge in [-0.2, -0.15) is 5.10 Å². The van der Waals surface area contributed by atoms with Gasteiger partial charge >= 0.3 is 0 Å². The second-order valence-corrected chi connectivity index (χ2v) is 4.61. The molecule has 0 amide bonds. The van der Waals surface area contributed by atoms with Crippen LogP contribution in [0, 0.1) is 0 Å². The van der Waals surface area contributed by atoms with Crippen LogP contribution in [0.3, 0.4) is 0 Å². The van der Waals surface area contributed by atoms with Gasteiger partial charge in [-0.1, -0.05) is 0 Å². The Morgan fingerprint density at radius 3 is 2.94 bits per heavy atom. The van der Waals surface area contributed by atoms with E-state index in [0.717, 1.165) is 32.5 Å². The van der Waals surface area contributed by atoms with Gasteiger partial charge in [-0.05, 0) is 19.9 Å². The van der Waals surface area contributed by atoms with E-state index in [1.807, 2.05) is 24.1 Å². The summed E-state index contributed by atoms with van der Waals surface area (Å²) in [5, 5.41) is 4.15. The van der Waals surface area contributed by atoms with Crippen LogP contribution in [0.25, 0.3) is 0 Å². The van der Waals surface area contributed by atoms with Gasteiger partial charge in [0.25, 0.3) is 0 Å². The number of nitrogens with two attached hydrogens (primary N) is 1. The molecule has 0 spiro atoms. The molecule has 1 aromatic heterocycles. The van der Waals surface area contributed by atoms with E-state index in [0.29, 0.717) is 0 Å². The molecule has 1 rings (SSSR count). The zero-order valence-electron chi connectivity index (χ0n) is 11.1. The molecule has 5 heteroatoms. The number of aryl methyl sites for hydroxylation is 1. The van der Waals surface area contributed by atoms with Crippen LogP contribution in [0.5, 0.6) is 0 Å². The first-order valence-corrected chi connectivity index (χ1v) is 6.02. The second-order valence-electron chi connectivity index (χ2n) is 4.61. The third kappa shape index (κ3) is 5.81. The molecular weight excluding hydrogens is 216 g/mol. The van der Waals surface area contributed by atoms with Gasteiger partial charge < -0.3 is 15.4 Å². The molecule has 0 aliphatic heterocycles. The lowest BCUT2D eigenvalue weighted by Crippen LogP contribution is -2.35. The highest BCUT2D eigenvalue weighted by atomic mass is 16.5. The van der Waals surface area contributed by atoms with E-state index in [-0.39, 0.29) is 6.04 Å². The molecule has 17 heavy (non-hydrogen) atoms. The second kappa shape index (κ2) is 7.42. The van der Waals surface area contributed by atoms with E-state index >= 15 is 0 Å². The average molecular weight is 240 g/mol. The topological polar surface area (TPSA) is 56.3 Å². The SMILES string of the molecule is COCCCC(N)CN(C)Cc1cnn(C)c1. The summed E-state index contributed by atoms with van der Waals surface area (Å²) in [5.41, 5.74) is 7.28. The van der Waals surface area contributed by atoms with Gasteiger partial charge in [0.1, 0.15) is 0 Å². The minimum absolute atomic E-state index is 0.215. The lowest BCUT2D eigenvalue weighted by molar-refractivity contribution is 0.187. The maximum atomic E-state index is 6.06. The fraction of sp³-hybridized carbons (Fsp3) is 0.750. The fourth-order valence-electron chi connectivity index (χ4n) is 1.91. The molecule has 0 aromatic carbocycles. The maximum absolute atomic E-state index is 6.06. The molecular formula is C12H24N4O. The van der Waals surface area contributed by atoms with Crippen LogP contribution in [0.4, 0.5) is 0 Å². The molecule has 2 N–H and O–H groups in total. The van der Waals surface area contributed by atoms with Gasteiger partial charge in [0.2, 0.25) is 0 Å². The number of rotatable bonds is 8. The average Bonchev–Trinajstić information content (AvgIpc) is 2.64. The summed E-state index contributed by atoms with van der Waals surface area (Å²) in [4.78, 5) is 2.23. The number of ether oxygens (including phenoxy) is 1. The van der Waals surface area contributed by atoms with Crippen molar-refractivity contribution in [3.05, 3.63) is 18.0 Å². The molecule has 1 unspecified atom stereocenters. The molecule has 0 aliphatic rings. The Hall–Kier alpha value is -0.910. The van der Waals surface area contributed by atoms with E-state index in [1.54, 1.807) is 7.11 Å². The molecule has 0 saturated carbocycles. The highest BCUT2D eigenvalue weighted by Crippen LogP contribution is 2.03. The van der Waals surface area contributed by atoms with Crippen molar-refractivity contribution in [1.29, 1.82) is 0 Å². The lowest BCUT2D eigenvalue weighted by atomic mass is 10.1. The zero-order chi connectivity index (χ0) is 12.7. The summed E-state index contributed by atoms with van der Waals surface area (Å²) < 4.78 is 6.84. The summed E-state index contributed by atoms with van der Waals surface area (Å²) in [6.45, 7) is 2.59. The molecule has 0 radical (unpaired) electrons. The third-order valence-electron chi connectivity index (χ3n) is 2.68. The van der Waals surface area contributed by atoms with E-state index in [2.05, 4.69) is 17.0 Å². The van der Waals surface area contributed by atoms with Crippen molar-refractivity contribution in [3.63, 3.8) is 0 Å². The Morgan fingerprint density at radius 2 is 2.35 bits per heavy atom. The highest BCUT2D eigenvalue weighted by molar-refractivity contribution is 5.03. The number of nitrogens with zero attached hydrogens (tertiary/aromatic N) is 3. The minimum atomic E-state index is 0.215. The van der Waals surface area contributed by atoms with Crippen molar-refractivity contribution >= 4 is 0 Å². The van der Waals surface area contributed by atoms with Crippen molar-refractivity contribution < 1.29 is 4.74 Å². The minimum Gasteiger partial charge on any atom is -0.385 e. The highest BCUT2D eigenvalue weighted by Gasteiger charge is 2.08. The Kier molecular flexibility index (Phi) is 6.18. The molecule has 1 aromatic rings. The van der Waals surface area contributed by atoms with E-state index < -0.39 is 0 Å². The Morgan fingerprint density at radius 1 is 1.59 bits per heavy atom. The largest absolute Gasteiger partial charge is 0.385 e. The van der Waals surface area contributed by atoms with Crippen LogP contribution >= 0.6 is 0 Å². The van der Waals surface area contributed by atoms with Crippen molar-refractivity contribution in [2.45, 2.75) is 25.4 Å². The third-order valence-corrected chi connectivity index (χ3v) is 2.68. The molecule has 98 valence electrons. The molecule has 0 saturated heterocycles. The van der Waals surface area contributed by atoms with Crippen molar-refractivity contribution in [2.24, 2.45) is 12.8 Å². The van der Waals surface area contributed by atoms with Crippen LogP contribution < -0.4 is 5.73 Å². The molecule has 0 aliphatic carbocycles. The Balaban J connectivity index is 2.21. The number of hydrogen-bond acceptors (Lipinski definition) is 4. The fourth-order valence-corrected chi connectivity index (χ4v) is 1.91. The van der Waals surface area contributed by atoms with Gasteiger partial charge in [0.15, 0.2) is 0 Å². The van der Waals surface area contributed by atoms with Crippen molar-refractivity contribution in [2.75, 3.05) is 27.3 Å². The predicted molar refractivity (Wildman–Crippen MR) is 68.6 cm³/mol. The number of likely N-dealkylation sites (N-methyl/N-ethyl adjacent to an activating group) is 1. The predicted octanol–water partition coefficient (Wildman–Crippen LogP) is 0.606. The van der Waals surface area contributed by atoms with Gasteiger partial charge in [0.05, 0.1) is 6.20 Å². The van der Waals surface area contributed by atoms with Crippen LogP contribution in [-0.2, 0) is 18.3 Å². The van der Waals surface area contributed by atoms with Gasteiger partial charge in [-0.15, -0.1) is 0 Å². The quantitative estimate of drug-likeness (QED) is 0.676. The number of aromatic nitrogens is 2. The summed E-state index contributed by atoms with van der Waals surface area (Å²) >= 11 is 0. The van der Waals surface area contributed by atoms with Crippen LogP contribution in [0.15, 0.2) is 12.4 Å². The summed E-state index contributed by atoms with van der Waals surface area (Å²) in [6, 6.07) is 0.215. The van der Waals surface area contributed by atoms with E-state index in [1.165, 1.54) is 5.56 Å². The van der Waals surface area contributed by atoms with Crippen molar-refractivity contribution in [1.82, 2.24) is 14.7 Å². The standard InChI is InChI=1S/C12H24N4O/c1-15(8-11-7-14-16(2)9-11)10-12(13)5-4-6-17-3/h7,9,12H,4-6,8,10,13H2,1-3H3. The normalized spacial score (nSPS) is 13.2. The Bertz CT molecular complexity index is 313. The molecule has 5 nitrogen and oxygen atoms in total. The molecule has 1 heterocycles. The summed E-state index contributed by atoms with van der Waals surface area (Å²) in [5.74, 6) is 0. The van der Waals surface area contributed by atoms with Crippen LogP contribution in [-0.4, -0.2) is 48.0 Å². The van der Waals surface area contributed by atoms with E-state index in [4.69, 9.17) is 10.5 Å². The maximum Gasteiger partial charge on any atom is 0.0534 e. The number of hydrogen-bond donors (Lipinski definition) is 1. The zero-order valence-corrected chi connectivity index (χ0v) is 11.1. The Labute approximate surface area is 104 Å². The lowest BCUT2D eigenvalue weighted by Gasteiger charge is -2.20. The molecule has 0 fully saturated rings. The van der Waals surface area contributed by atoms with Crippen molar-refractivity contribution in [3.8, 4) is 0 Å². The first kappa shape index (κ1) is 14.2. The monoisotopic (exact) mass is 240 g/mol. The smallest absolute Gasteiger partial charge is 0.0534 e. The van der Waals surface area contributed by atoms with Gasteiger partial charge in [-0.25, -0.2) is 0 Å². The molecule has 1 atom stereocenters.